The Morgan fingerprint density at radius 1 is 1.27 bits per heavy atom. The number of nitrogens with zero attached hydrogens (tertiary/aromatic N) is 2. The minimum absolute atomic E-state index is 0.0387. The highest BCUT2D eigenvalue weighted by molar-refractivity contribution is 7.18. The molecule has 7 heteroatoms. The fourth-order valence-electron chi connectivity index (χ4n) is 3.34. The van der Waals surface area contributed by atoms with Crippen LogP contribution in [0.1, 0.15) is 34.9 Å². The van der Waals surface area contributed by atoms with Crippen LogP contribution < -0.4 is 4.74 Å². The van der Waals surface area contributed by atoms with Gasteiger partial charge in [0.2, 0.25) is 5.88 Å². The van der Waals surface area contributed by atoms with Crippen LogP contribution in [0.15, 0.2) is 30.6 Å². The summed E-state index contributed by atoms with van der Waals surface area (Å²) < 4.78 is 44.4. The van der Waals surface area contributed by atoms with Gasteiger partial charge in [0.05, 0.1) is 10.9 Å². The summed E-state index contributed by atoms with van der Waals surface area (Å²) in [6, 6.07) is 5.19. The molecule has 0 radical (unpaired) electrons. The summed E-state index contributed by atoms with van der Waals surface area (Å²) in [6.07, 6.45) is 0.199. The molecule has 3 aromatic rings. The number of benzene rings is 1. The molecule has 2 heterocycles. The van der Waals surface area contributed by atoms with E-state index < -0.39 is 11.7 Å². The zero-order chi connectivity index (χ0) is 18.3. The minimum Gasteiger partial charge on any atom is -0.472 e. The summed E-state index contributed by atoms with van der Waals surface area (Å²) in [6.45, 7) is 2.28. The number of halogens is 3. The van der Waals surface area contributed by atoms with Crippen molar-refractivity contribution >= 4 is 21.6 Å². The molecule has 0 spiro atoms. The van der Waals surface area contributed by atoms with Crippen molar-refractivity contribution in [2.45, 2.75) is 39.0 Å². The van der Waals surface area contributed by atoms with Gasteiger partial charge >= 0.3 is 6.18 Å². The topological polar surface area (TPSA) is 35.0 Å². The summed E-state index contributed by atoms with van der Waals surface area (Å²) in [5.74, 6) is 1.11. The third kappa shape index (κ3) is 3.28. The normalized spacial score (nSPS) is 17.3. The highest BCUT2D eigenvalue weighted by atomic mass is 32.1. The lowest BCUT2D eigenvalue weighted by atomic mass is 9.89. The van der Waals surface area contributed by atoms with Gasteiger partial charge in [0.25, 0.3) is 0 Å². The lowest BCUT2D eigenvalue weighted by Gasteiger charge is -2.18. The second kappa shape index (κ2) is 6.54. The molecule has 1 aliphatic carbocycles. The van der Waals surface area contributed by atoms with Crippen molar-refractivity contribution in [2.24, 2.45) is 5.92 Å². The number of alkyl halides is 3. The number of thiophene rings is 1. The number of hydrogen-bond donors (Lipinski definition) is 0. The molecule has 1 aromatic carbocycles. The molecular weight excluding hydrogens is 361 g/mol. The highest BCUT2D eigenvalue weighted by Crippen LogP contribution is 2.40. The Labute approximate surface area is 152 Å². The van der Waals surface area contributed by atoms with Crippen LogP contribution in [-0.2, 0) is 25.6 Å². The number of fused-ring (bicyclic) bond motifs is 3. The predicted octanol–water partition coefficient (Wildman–Crippen LogP) is 5.41. The van der Waals surface area contributed by atoms with Gasteiger partial charge in [-0.2, -0.15) is 13.2 Å². The largest absolute Gasteiger partial charge is 0.472 e. The Hall–Kier alpha value is -2.15. The summed E-state index contributed by atoms with van der Waals surface area (Å²) in [7, 11) is 0. The molecule has 3 nitrogen and oxygen atoms in total. The van der Waals surface area contributed by atoms with Crippen molar-refractivity contribution in [3.05, 3.63) is 52.2 Å². The van der Waals surface area contributed by atoms with Gasteiger partial charge in [0, 0.05) is 4.88 Å². The molecular formula is C19H17F3N2OS. The molecule has 0 saturated carbocycles. The lowest BCUT2D eigenvalue weighted by Crippen LogP contribution is -2.09. The fraction of sp³-hybridized carbons (Fsp3) is 0.368. The van der Waals surface area contributed by atoms with E-state index >= 15 is 0 Å². The second-order valence-corrected chi connectivity index (χ2v) is 7.78. The number of aryl methyl sites for hydroxylation is 1. The fourth-order valence-corrected chi connectivity index (χ4v) is 4.69. The second-order valence-electron chi connectivity index (χ2n) is 6.70. The molecule has 0 fully saturated rings. The van der Waals surface area contributed by atoms with Gasteiger partial charge in [0.1, 0.15) is 17.8 Å². The third-order valence-corrected chi connectivity index (χ3v) is 5.85. The molecule has 2 aromatic heterocycles. The van der Waals surface area contributed by atoms with Gasteiger partial charge in [-0.15, -0.1) is 11.3 Å². The van der Waals surface area contributed by atoms with Crippen LogP contribution in [0.5, 0.6) is 5.88 Å². The molecule has 0 amide bonds. The zero-order valence-electron chi connectivity index (χ0n) is 14.1. The van der Waals surface area contributed by atoms with E-state index in [2.05, 4.69) is 16.9 Å². The average molecular weight is 378 g/mol. The van der Waals surface area contributed by atoms with Crippen LogP contribution in [0.2, 0.25) is 0 Å². The summed E-state index contributed by atoms with van der Waals surface area (Å²) in [4.78, 5) is 10.8. The third-order valence-electron chi connectivity index (χ3n) is 4.69. The maximum absolute atomic E-state index is 12.9. The molecule has 0 N–H and O–H groups in total. The van der Waals surface area contributed by atoms with Crippen LogP contribution >= 0.6 is 11.3 Å². The first-order chi connectivity index (χ1) is 12.4. The van der Waals surface area contributed by atoms with E-state index in [9.17, 15) is 13.2 Å². The van der Waals surface area contributed by atoms with Gasteiger partial charge < -0.3 is 4.74 Å². The van der Waals surface area contributed by atoms with E-state index in [0.29, 0.717) is 17.4 Å². The Kier molecular flexibility index (Phi) is 4.34. The molecule has 0 unspecified atom stereocenters. The smallest absolute Gasteiger partial charge is 0.416 e. The average Bonchev–Trinajstić information content (AvgIpc) is 2.97. The van der Waals surface area contributed by atoms with Crippen molar-refractivity contribution in [2.75, 3.05) is 0 Å². The van der Waals surface area contributed by atoms with Gasteiger partial charge in [-0.1, -0.05) is 19.1 Å². The van der Waals surface area contributed by atoms with E-state index in [-0.39, 0.29) is 6.61 Å². The van der Waals surface area contributed by atoms with Crippen molar-refractivity contribution in [3.63, 3.8) is 0 Å². The Balaban J connectivity index is 1.62. The first-order valence-electron chi connectivity index (χ1n) is 8.46. The summed E-state index contributed by atoms with van der Waals surface area (Å²) >= 11 is 1.67. The molecule has 0 aliphatic heterocycles. The van der Waals surface area contributed by atoms with Crippen LogP contribution in [0.4, 0.5) is 13.2 Å². The molecule has 0 saturated heterocycles. The van der Waals surface area contributed by atoms with Gasteiger partial charge in [-0.05, 0) is 48.4 Å². The molecule has 136 valence electrons. The van der Waals surface area contributed by atoms with Crippen LogP contribution in [0, 0.1) is 5.92 Å². The van der Waals surface area contributed by atoms with Crippen LogP contribution in [-0.4, -0.2) is 9.97 Å². The number of aromatic nitrogens is 2. The maximum Gasteiger partial charge on any atom is 0.416 e. The van der Waals surface area contributed by atoms with Gasteiger partial charge in [-0.3, -0.25) is 0 Å². The summed E-state index contributed by atoms with van der Waals surface area (Å²) in [5.41, 5.74) is 1.03. The predicted molar refractivity (Wildman–Crippen MR) is 94.4 cm³/mol. The van der Waals surface area contributed by atoms with E-state index in [1.165, 1.54) is 22.8 Å². The number of ether oxygens (including phenoxy) is 1. The van der Waals surface area contributed by atoms with E-state index in [1.54, 1.807) is 17.4 Å². The van der Waals surface area contributed by atoms with Crippen LogP contribution in [0.3, 0.4) is 0 Å². The molecule has 4 rings (SSSR count). The standard InChI is InChI=1S/C19H17F3N2OS/c1-11-5-6-14-15(7-11)26-18-16(14)17(23-10-24-18)25-9-12-3-2-4-13(8-12)19(20,21)22/h2-4,8,10-11H,5-7,9H2,1H3/t11-/m0/s1. The Morgan fingerprint density at radius 2 is 2.12 bits per heavy atom. The molecule has 26 heavy (non-hydrogen) atoms. The van der Waals surface area contributed by atoms with Crippen LogP contribution in [0.25, 0.3) is 10.2 Å². The monoisotopic (exact) mass is 378 g/mol. The van der Waals surface area contributed by atoms with Crippen molar-refractivity contribution in [1.82, 2.24) is 9.97 Å². The van der Waals surface area contributed by atoms with Crippen molar-refractivity contribution in [1.29, 1.82) is 0 Å². The zero-order valence-corrected chi connectivity index (χ0v) is 15.0. The molecule has 1 aliphatic rings. The van der Waals surface area contributed by atoms with Crippen molar-refractivity contribution < 1.29 is 17.9 Å². The van der Waals surface area contributed by atoms with Crippen molar-refractivity contribution in [3.8, 4) is 5.88 Å². The molecule has 1 atom stereocenters. The maximum atomic E-state index is 12.9. The molecule has 0 bridgehead atoms. The SMILES string of the molecule is C[C@H]1CCc2c(sc3ncnc(OCc4cccc(C(F)(F)F)c4)c23)C1. The van der Waals surface area contributed by atoms with E-state index in [0.717, 1.165) is 41.6 Å². The lowest BCUT2D eigenvalue weighted by molar-refractivity contribution is -0.137. The Morgan fingerprint density at radius 3 is 2.92 bits per heavy atom. The first kappa shape index (κ1) is 17.3. The highest BCUT2D eigenvalue weighted by Gasteiger charge is 2.30. The van der Waals surface area contributed by atoms with E-state index in [1.807, 2.05) is 0 Å². The minimum atomic E-state index is -4.36. The number of rotatable bonds is 3. The van der Waals surface area contributed by atoms with Gasteiger partial charge in [0.15, 0.2) is 0 Å². The first-order valence-corrected chi connectivity index (χ1v) is 9.27. The quantitative estimate of drug-likeness (QED) is 0.611. The van der Waals surface area contributed by atoms with Gasteiger partial charge in [-0.25, -0.2) is 9.97 Å². The number of hydrogen-bond acceptors (Lipinski definition) is 4. The Bertz CT molecular complexity index is 952. The van der Waals surface area contributed by atoms with E-state index in [4.69, 9.17) is 4.74 Å². The summed E-state index contributed by atoms with van der Waals surface area (Å²) in [5, 5.41) is 0.923.